The molecule has 1 amide bonds. The van der Waals surface area contributed by atoms with E-state index in [0.29, 0.717) is 13.1 Å². The van der Waals surface area contributed by atoms with Gasteiger partial charge in [0.25, 0.3) is 0 Å². The van der Waals surface area contributed by atoms with Gasteiger partial charge in [0.05, 0.1) is 24.4 Å². The predicted molar refractivity (Wildman–Crippen MR) is 110 cm³/mol. The molecule has 2 fully saturated rings. The molecule has 4 heterocycles. The minimum absolute atomic E-state index is 0.0329. The van der Waals surface area contributed by atoms with E-state index in [2.05, 4.69) is 19.9 Å². The summed E-state index contributed by atoms with van der Waals surface area (Å²) >= 11 is 0. The molecule has 0 saturated carbocycles. The summed E-state index contributed by atoms with van der Waals surface area (Å²) in [6.07, 6.45) is 2.08. The highest BCUT2D eigenvalue weighted by atomic mass is 19.4. The Bertz CT molecular complexity index is 949. The molecule has 0 atom stereocenters. The minimum atomic E-state index is -5.08. The Labute approximate surface area is 188 Å². The number of aryl methyl sites for hydroxylation is 1. The molecule has 0 aromatic carbocycles. The Morgan fingerprint density at radius 3 is 2.36 bits per heavy atom. The van der Waals surface area contributed by atoms with E-state index in [0.717, 1.165) is 43.1 Å². The van der Waals surface area contributed by atoms with E-state index in [1.165, 1.54) is 0 Å². The second-order valence-corrected chi connectivity index (χ2v) is 7.89. The van der Waals surface area contributed by atoms with Crippen molar-refractivity contribution in [3.05, 3.63) is 48.0 Å². The number of hydrogen-bond donors (Lipinski definition) is 1. The number of piperidine rings is 1. The molecule has 33 heavy (non-hydrogen) atoms. The van der Waals surface area contributed by atoms with Crippen LogP contribution in [0.25, 0.3) is 0 Å². The summed E-state index contributed by atoms with van der Waals surface area (Å²) in [5.74, 6) is -1.96. The second kappa shape index (κ2) is 10.1. The van der Waals surface area contributed by atoms with Crippen LogP contribution in [0.2, 0.25) is 0 Å². The number of carbonyl (C=O) groups is 2. The Balaban J connectivity index is 0.000000383. The number of halogens is 3. The number of amides is 1. The third-order valence-corrected chi connectivity index (χ3v) is 5.38. The number of carboxylic acids is 1. The summed E-state index contributed by atoms with van der Waals surface area (Å²) in [5, 5.41) is 7.12. The zero-order valence-electron chi connectivity index (χ0n) is 18.0. The molecule has 2 aromatic heterocycles. The van der Waals surface area contributed by atoms with Crippen molar-refractivity contribution in [3.63, 3.8) is 0 Å². The molecule has 9 nitrogen and oxygen atoms in total. The maximum atomic E-state index is 12.3. The molecule has 2 aromatic rings. The van der Waals surface area contributed by atoms with Crippen molar-refractivity contribution in [1.82, 2.24) is 19.9 Å². The smallest absolute Gasteiger partial charge is 0.475 e. The molecule has 1 N–H and O–H groups in total. The molecular formula is C21H24F3N5O4. The van der Waals surface area contributed by atoms with Crippen LogP contribution in [-0.4, -0.2) is 74.9 Å². The van der Waals surface area contributed by atoms with E-state index in [4.69, 9.17) is 14.6 Å². The van der Waals surface area contributed by atoms with Crippen molar-refractivity contribution < 1.29 is 32.6 Å². The van der Waals surface area contributed by atoms with Crippen LogP contribution in [0, 0.1) is 6.92 Å². The van der Waals surface area contributed by atoms with Gasteiger partial charge in [0.15, 0.2) is 0 Å². The quantitative estimate of drug-likeness (QED) is 0.732. The van der Waals surface area contributed by atoms with Crippen LogP contribution in [0.15, 0.2) is 36.8 Å². The van der Waals surface area contributed by atoms with Gasteiger partial charge in [-0.1, -0.05) is 6.07 Å². The van der Waals surface area contributed by atoms with E-state index >= 15 is 0 Å². The van der Waals surface area contributed by atoms with Crippen LogP contribution in [0.1, 0.15) is 24.1 Å². The summed E-state index contributed by atoms with van der Waals surface area (Å²) < 4.78 is 37.7. The van der Waals surface area contributed by atoms with Crippen LogP contribution in [0.4, 0.5) is 19.1 Å². The fourth-order valence-electron chi connectivity index (χ4n) is 3.58. The highest BCUT2D eigenvalue weighted by Crippen LogP contribution is 2.32. The van der Waals surface area contributed by atoms with Crippen molar-refractivity contribution >= 4 is 17.8 Å². The van der Waals surface area contributed by atoms with Gasteiger partial charge in [-0.2, -0.15) is 13.2 Å². The number of hydrogen-bond acceptors (Lipinski definition) is 7. The van der Waals surface area contributed by atoms with E-state index in [-0.39, 0.29) is 18.1 Å². The van der Waals surface area contributed by atoms with Crippen molar-refractivity contribution in [2.24, 2.45) is 0 Å². The van der Waals surface area contributed by atoms with Gasteiger partial charge in [-0.25, -0.2) is 14.8 Å². The number of aliphatic carboxylic acids is 1. The number of nitrogens with zero attached hydrogens (tertiary/aromatic N) is 5. The van der Waals surface area contributed by atoms with Crippen molar-refractivity contribution in [3.8, 4) is 0 Å². The van der Waals surface area contributed by atoms with E-state index in [1.807, 2.05) is 42.4 Å². The molecule has 0 unspecified atom stereocenters. The zero-order valence-corrected chi connectivity index (χ0v) is 18.0. The lowest BCUT2D eigenvalue weighted by Gasteiger charge is -2.46. The Morgan fingerprint density at radius 2 is 1.82 bits per heavy atom. The topological polar surface area (TPSA) is 109 Å². The molecule has 12 heteroatoms. The largest absolute Gasteiger partial charge is 0.490 e. The van der Waals surface area contributed by atoms with Gasteiger partial charge >= 0.3 is 12.1 Å². The predicted octanol–water partition coefficient (Wildman–Crippen LogP) is 2.21. The highest BCUT2D eigenvalue weighted by Gasteiger charge is 2.42. The minimum Gasteiger partial charge on any atom is -0.475 e. The van der Waals surface area contributed by atoms with Gasteiger partial charge in [0.1, 0.15) is 6.61 Å². The number of alkyl halides is 3. The van der Waals surface area contributed by atoms with Crippen LogP contribution in [-0.2, 0) is 20.9 Å². The van der Waals surface area contributed by atoms with E-state index < -0.39 is 12.1 Å². The fourth-order valence-corrected chi connectivity index (χ4v) is 3.58. The molecular weight excluding hydrogens is 443 g/mol. The lowest BCUT2D eigenvalue weighted by atomic mass is 9.89. The normalized spacial score (nSPS) is 18.0. The molecule has 2 aliphatic heterocycles. The molecule has 2 aliphatic rings. The van der Waals surface area contributed by atoms with Crippen molar-refractivity contribution in [2.75, 3.05) is 31.1 Å². The van der Waals surface area contributed by atoms with Gasteiger partial charge < -0.3 is 19.6 Å². The summed E-state index contributed by atoms with van der Waals surface area (Å²) in [7, 11) is 0. The first-order valence-corrected chi connectivity index (χ1v) is 10.2. The number of rotatable bonds is 3. The van der Waals surface area contributed by atoms with E-state index in [1.54, 1.807) is 6.20 Å². The fraction of sp³-hybridized carbons (Fsp3) is 0.476. The lowest BCUT2D eigenvalue weighted by Crippen LogP contribution is -2.58. The SMILES string of the molecule is Cc1cnc(N2CCC3(CC2)CN(Cc2ccccn2)C(=O)CO3)nc1.O=C(O)C(F)(F)F. The van der Waals surface area contributed by atoms with Gasteiger partial charge in [-0.15, -0.1) is 0 Å². The van der Waals surface area contributed by atoms with Crippen LogP contribution in [0.5, 0.6) is 0 Å². The van der Waals surface area contributed by atoms with E-state index in [9.17, 15) is 18.0 Å². The Morgan fingerprint density at radius 1 is 1.18 bits per heavy atom. The molecule has 2 saturated heterocycles. The van der Waals surface area contributed by atoms with Crippen molar-refractivity contribution in [2.45, 2.75) is 38.1 Å². The molecule has 1 spiro atoms. The highest BCUT2D eigenvalue weighted by molar-refractivity contribution is 5.78. The van der Waals surface area contributed by atoms with Crippen LogP contribution in [0.3, 0.4) is 0 Å². The lowest BCUT2D eigenvalue weighted by molar-refractivity contribution is -0.192. The maximum Gasteiger partial charge on any atom is 0.490 e. The summed E-state index contributed by atoms with van der Waals surface area (Å²) in [6, 6.07) is 5.78. The Kier molecular flexibility index (Phi) is 7.46. The first-order chi connectivity index (χ1) is 15.6. The standard InChI is InChI=1S/C19H23N5O2.C2HF3O2/c1-15-10-21-18(22-11-15)23-8-5-19(6-9-23)14-24(17(25)13-26-19)12-16-4-2-3-7-20-16;3-2(4,5)1(6)7/h2-4,7,10-11H,5-6,8-9,12-14H2,1H3;(H,6,7). The molecule has 0 aliphatic carbocycles. The first kappa shape index (κ1) is 24.4. The summed E-state index contributed by atoms with van der Waals surface area (Å²) in [5.41, 5.74) is 1.69. The summed E-state index contributed by atoms with van der Waals surface area (Å²) in [4.78, 5) is 38.4. The zero-order chi connectivity index (χ0) is 24.1. The third-order valence-electron chi connectivity index (χ3n) is 5.38. The number of pyridine rings is 1. The molecule has 0 radical (unpaired) electrons. The molecule has 4 rings (SSSR count). The van der Waals surface area contributed by atoms with Crippen LogP contribution >= 0.6 is 0 Å². The number of ether oxygens (including phenoxy) is 1. The summed E-state index contributed by atoms with van der Waals surface area (Å²) in [6.45, 7) is 4.94. The second-order valence-electron chi connectivity index (χ2n) is 7.89. The number of morpholine rings is 1. The third kappa shape index (κ3) is 6.60. The van der Waals surface area contributed by atoms with Crippen molar-refractivity contribution in [1.29, 1.82) is 0 Å². The Hall–Kier alpha value is -3.28. The maximum absolute atomic E-state index is 12.3. The van der Waals surface area contributed by atoms with Crippen LogP contribution < -0.4 is 4.90 Å². The molecule has 0 bridgehead atoms. The number of anilines is 1. The molecule has 178 valence electrons. The van der Waals surface area contributed by atoms with Gasteiger partial charge in [0.2, 0.25) is 11.9 Å². The van der Waals surface area contributed by atoms with Gasteiger partial charge in [-0.3, -0.25) is 9.78 Å². The number of carbonyl (C=O) groups excluding carboxylic acids is 1. The first-order valence-electron chi connectivity index (χ1n) is 10.2. The number of carboxylic acid groups (broad SMARTS) is 1. The average molecular weight is 467 g/mol. The van der Waals surface area contributed by atoms with Gasteiger partial charge in [-0.05, 0) is 37.5 Å². The number of aromatic nitrogens is 3. The average Bonchev–Trinajstić information content (AvgIpc) is 2.78. The monoisotopic (exact) mass is 467 g/mol. The van der Waals surface area contributed by atoms with Gasteiger partial charge in [0, 0.05) is 31.7 Å².